The van der Waals surface area contributed by atoms with Gasteiger partial charge in [-0.05, 0) is 62.8 Å². The number of piperidine rings is 1. The molecule has 0 aliphatic carbocycles. The first-order chi connectivity index (χ1) is 14.0. The second-order valence-electron chi connectivity index (χ2n) is 8.18. The summed E-state index contributed by atoms with van der Waals surface area (Å²) in [6, 6.07) is 5.32. The zero-order chi connectivity index (χ0) is 22.5. The first-order valence-electron chi connectivity index (χ1n) is 10.3. The summed E-state index contributed by atoms with van der Waals surface area (Å²) >= 11 is 0. The van der Waals surface area contributed by atoms with Crippen LogP contribution in [0.4, 0.5) is 0 Å². The molecular weight excluding hydrogens is 462 g/mol. The summed E-state index contributed by atoms with van der Waals surface area (Å²) in [7, 11) is -5.56. The quantitative estimate of drug-likeness (QED) is 0.530. The van der Waals surface area contributed by atoms with Crippen molar-refractivity contribution in [2.24, 2.45) is 11.1 Å². The fourth-order valence-electron chi connectivity index (χ4n) is 4.07. The molecule has 1 aliphatic rings. The molecule has 31 heavy (non-hydrogen) atoms. The van der Waals surface area contributed by atoms with E-state index in [0.29, 0.717) is 25.4 Å². The molecule has 1 heterocycles. The van der Waals surface area contributed by atoms with Gasteiger partial charge in [0, 0.05) is 25.7 Å². The van der Waals surface area contributed by atoms with E-state index in [-0.39, 0.29) is 29.1 Å². The highest BCUT2D eigenvalue weighted by molar-refractivity contribution is 7.89. The topological polar surface area (TPSA) is 110 Å². The molecule has 0 aromatic heterocycles. The zero-order valence-corrected chi connectivity index (χ0v) is 21.2. The first kappa shape index (κ1) is 28.1. The van der Waals surface area contributed by atoms with Gasteiger partial charge < -0.3 is 9.64 Å². The summed E-state index contributed by atoms with van der Waals surface area (Å²) in [6.07, 6.45) is 4.69. The van der Waals surface area contributed by atoms with E-state index >= 15 is 0 Å². The lowest BCUT2D eigenvalue weighted by atomic mass is 9.96. The van der Waals surface area contributed by atoms with Gasteiger partial charge in [-0.1, -0.05) is 13.0 Å². The average Bonchev–Trinajstić information content (AvgIpc) is 2.66. The third-order valence-corrected chi connectivity index (χ3v) is 7.97. The number of halogens is 1. The molecule has 0 saturated carbocycles. The van der Waals surface area contributed by atoms with Crippen molar-refractivity contribution < 1.29 is 21.6 Å². The lowest BCUT2D eigenvalue weighted by Crippen LogP contribution is -2.44. The van der Waals surface area contributed by atoms with E-state index in [1.165, 1.54) is 13.4 Å². The Balaban J connectivity index is 0.00000480. The Morgan fingerprint density at radius 2 is 1.84 bits per heavy atom. The van der Waals surface area contributed by atoms with Crippen LogP contribution in [0.5, 0.6) is 5.75 Å². The van der Waals surface area contributed by atoms with E-state index in [9.17, 15) is 16.8 Å². The largest absolute Gasteiger partial charge is 0.495 e. The molecular formula is C20H36ClN3O5S2. The van der Waals surface area contributed by atoms with Crippen LogP contribution < -0.4 is 9.88 Å². The molecule has 8 nitrogen and oxygen atoms in total. The molecule has 2 rings (SSSR count). The van der Waals surface area contributed by atoms with Crippen molar-refractivity contribution >= 4 is 32.5 Å². The number of benzene rings is 1. The standard InChI is InChI=1S/C20H35N3O5S2.ClH/c1-5-10-22(15-17-8-11-23(12-9-17)29(4,24)25)16(2)13-18-6-7-19(28-3)20(14-18)30(21,26)27;/h6-7,14,16-17H,5,8-13,15H2,1-4H3,(H2,21,26,27);1H. The maximum absolute atomic E-state index is 11.9. The van der Waals surface area contributed by atoms with Crippen LogP contribution in [0.1, 0.15) is 38.7 Å². The fraction of sp³-hybridized carbons (Fsp3) is 0.700. The van der Waals surface area contributed by atoms with Crippen molar-refractivity contribution in [2.45, 2.75) is 50.5 Å². The lowest BCUT2D eigenvalue weighted by Gasteiger charge is -2.36. The van der Waals surface area contributed by atoms with Gasteiger partial charge >= 0.3 is 0 Å². The zero-order valence-electron chi connectivity index (χ0n) is 18.8. The summed E-state index contributed by atoms with van der Waals surface area (Å²) in [5.74, 6) is 0.699. The van der Waals surface area contributed by atoms with Crippen molar-refractivity contribution in [1.82, 2.24) is 9.21 Å². The average molecular weight is 498 g/mol. The number of sulfonamides is 2. The number of nitrogens with zero attached hydrogens (tertiary/aromatic N) is 2. The molecule has 1 atom stereocenters. The van der Waals surface area contributed by atoms with Gasteiger partial charge in [0.25, 0.3) is 0 Å². The van der Waals surface area contributed by atoms with Gasteiger partial charge in [-0.3, -0.25) is 0 Å². The summed E-state index contributed by atoms with van der Waals surface area (Å²) in [5.41, 5.74) is 0.889. The second kappa shape index (κ2) is 11.8. The number of nitrogens with two attached hydrogens (primary N) is 1. The number of hydrogen-bond donors (Lipinski definition) is 1. The highest BCUT2D eigenvalue weighted by Gasteiger charge is 2.27. The monoisotopic (exact) mass is 497 g/mol. The van der Waals surface area contributed by atoms with Crippen molar-refractivity contribution in [3.8, 4) is 5.75 Å². The first-order valence-corrected chi connectivity index (χ1v) is 13.7. The van der Waals surface area contributed by atoms with E-state index in [1.54, 1.807) is 16.4 Å². The molecule has 1 fully saturated rings. The Labute approximate surface area is 193 Å². The number of ether oxygens (including phenoxy) is 1. The van der Waals surface area contributed by atoms with Crippen molar-refractivity contribution in [2.75, 3.05) is 39.5 Å². The summed E-state index contributed by atoms with van der Waals surface area (Å²) < 4.78 is 53.9. The molecule has 1 unspecified atom stereocenters. The summed E-state index contributed by atoms with van der Waals surface area (Å²) in [6.45, 7) is 7.28. The number of rotatable bonds is 10. The molecule has 2 N–H and O–H groups in total. The highest BCUT2D eigenvalue weighted by atomic mass is 35.5. The second-order valence-corrected chi connectivity index (χ2v) is 11.7. The van der Waals surface area contributed by atoms with Gasteiger partial charge in [0.2, 0.25) is 20.0 Å². The Kier molecular flexibility index (Phi) is 10.7. The minimum Gasteiger partial charge on any atom is -0.495 e. The predicted octanol–water partition coefficient (Wildman–Crippen LogP) is 2.08. The SMILES string of the molecule is CCCN(CC1CCN(S(C)(=O)=O)CC1)C(C)Cc1ccc(OC)c(S(N)(=O)=O)c1.Cl. The minimum absolute atomic E-state index is 0. The van der Waals surface area contributed by atoms with Crippen LogP contribution >= 0.6 is 12.4 Å². The molecule has 0 radical (unpaired) electrons. The molecule has 0 spiro atoms. The Bertz CT molecular complexity index is 917. The number of hydrogen-bond acceptors (Lipinski definition) is 6. The maximum Gasteiger partial charge on any atom is 0.241 e. The summed E-state index contributed by atoms with van der Waals surface area (Å²) in [5, 5.41) is 5.34. The third kappa shape index (κ3) is 8.18. The Morgan fingerprint density at radius 1 is 1.23 bits per heavy atom. The molecule has 11 heteroatoms. The van der Waals surface area contributed by atoms with Crippen LogP contribution in [0, 0.1) is 5.92 Å². The van der Waals surface area contributed by atoms with Crippen LogP contribution in [0.15, 0.2) is 23.1 Å². The Hall–Kier alpha value is -0.910. The van der Waals surface area contributed by atoms with E-state index in [1.807, 2.05) is 6.07 Å². The third-order valence-electron chi connectivity index (χ3n) is 5.74. The normalized spacial score (nSPS) is 17.4. The van der Waals surface area contributed by atoms with E-state index in [4.69, 9.17) is 9.88 Å². The van der Waals surface area contributed by atoms with Crippen LogP contribution in [0.2, 0.25) is 0 Å². The molecule has 0 bridgehead atoms. The van der Waals surface area contributed by atoms with Gasteiger partial charge in [-0.15, -0.1) is 12.4 Å². The maximum atomic E-state index is 11.9. The number of primary sulfonamides is 1. The smallest absolute Gasteiger partial charge is 0.241 e. The lowest BCUT2D eigenvalue weighted by molar-refractivity contribution is 0.146. The molecule has 0 amide bonds. The highest BCUT2D eigenvalue weighted by Crippen LogP contribution is 2.26. The Morgan fingerprint density at radius 3 is 2.32 bits per heavy atom. The van der Waals surface area contributed by atoms with Gasteiger partial charge in [0.05, 0.1) is 13.4 Å². The van der Waals surface area contributed by atoms with E-state index < -0.39 is 20.0 Å². The van der Waals surface area contributed by atoms with Crippen LogP contribution in [-0.2, 0) is 26.5 Å². The minimum atomic E-state index is -3.87. The van der Waals surface area contributed by atoms with Gasteiger partial charge in [-0.2, -0.15) is 0 Å². The van der Waals surface area contributed by atoms with Gasteiger partial charge in [0.15, 0.2) is 0 Å². The molecule has 1 aliphatic heterocycles. The van der Waals surface area contributed by atoms with Crippen molar-refractivity contribution in [3.63, 3.8) is 0 Å². The van der Waals surface area contributed by atoms with Crippen molar-refractivity contribution in [3.05, 3.63) is 23.8 Å². The molecule has 180 valence electrons. The van der Waals surface area contributed by atoms with E-state index in [0.717, 1.165) is 37.9 Å². The fourth-order valence-corrected chi connectivity index (χ4v) is 5.70. The van der Waals surface area contributed by atoms with Crippen LogP contribution in [0.25, 0.3) is 0 Å². The molecule has 1 saturated heterocycles. The van der Waals surface area contributed by atoms with Gasteiger partial charge in [-0.25, -0.2) is 26.3 Å². The van der Waals surface area contributed by atoms with E-state index in [2.05, 4.69) is 18.7 Å². The molecule has 1 aromatic rings. The van der Waals surface area contributed by atoms with Crippen molar-refractivity contribution in [1.29, 1.82) is 0 Å². The number of methoxy groups -OCH3 is 1. The molecule has 1 aromatic carbocycles. The van der Waals surface area contributed by atoms with Crippen LogP contribution in [-0.4, -0.2) is 71.6 Å². The van der Waals surface area contributed by atoms with Crippen LogP contribution in [0.3, 0.4) is 0 Å². The van der Waals surface area contributed by atoms with Gasteiger partial charge in [0.1, 0.15) is 10.6 Å². The predicted molar refractivity (Wildman–Crippen MR) is 126 cm³/mol. The summed E-state index contributed by atoms with van der Waals surface area (Å²) in [4.78, 5) is 2.42.